The molecule has 0 amide bonds. The highest BCUT2D eigenvalue weighted by molar-refractivity contribution is 7.92. The summed E-state index contributed by atoms with van der Waals surface area (Å²) >= 11 is 0. The van der Waals surface area contributed by atoms with Gasteiger partial charge in [-0.2, -0.15) is 0 Å². The number of hydrogen-bond donors (Lipinski definition) is 3. The zero-order valence-corrected chi connectivity index (χ0v) is 16.4. The number of carbonyl (C=O) groups excluding carboxylic acids is 1. The van der Waals surface area contributed by atoms with E-state index in [2.05, 4.69) is 10.4 Å². The summed E-state index contributed by atoms with van der Waals surface area (Å²) in [7, 11) is -1.81. The molecule has 1 aromatic carbocycles. The van der Waals surface area contributed by atoms with E-state index in [4.69, 9.17) is 5.73 Å². The fourth-order valence-corrected chi connectivity index (χ4v) is 5.67. The monoisotopic (exact) mass is 392 g/mol. The number of H-pyrrole nitrogens is 1. The zero-order chi connectivity index (χ0) is 19.9. The van der Waals surface area contributed by atoms with E-state index in [0.717, 1.165) is 0 Å². The summed E-state index contributed by atoms with van der Waals surface area (Å²) in [5.74, 6) is -0.419. The molecule has 146 valence electrons. The predicted molar refractivity (Wildman–Crippen MR) is 102 cm³/mol. The largest absolute Gasteiger partial charge is 0.329 e. The van der Waals surface area contributed by atoms with E-state index in [1.54, 1.807) is 20.9 Å². The van der Waals surface area contributed by atoms with Crippen LogP contribution in [0.1, 0.15) is 46.4 Å². The number of aromatic nitrogens is 2. The number of sulfone groups is 1. The highest BCUT2D eigenvalue weighted by atomic mass is 32.2. The van der Waals surface area contributed by atoms with E-state index < -0.39 is 20.9 Å². The molecule has 1 aliphatic rings. The second-order valence-corrected chi connectivity index (χ2v) is 8.89. The third kappa shape index (κ3) is 2.95. The molecule has 0 saturated carbocycles. The van der Waals surface area contributed by atoms with Crippen molar-refractivity contribution in [1.29, 1.82) is 0 Å². The Morgan fingerprint density at radius 1 is 1.37 bits per heavy atom. The van der Waals surface area contributed by atoms with Gasteiger partial charge >= 0.3 is 0 Å². The van der Waals surface area contributed by atoms with Crippen molar-refractivity contribution in [1.82, 2.24) is 15.1 Å². The third-order valence-corrected chi connectivity index (χ3v) is 7.56. The Labute approximate surface area is 157 Å². The molecule has 3 rings (SSSR count). The smallest absolute Gasteiger partial charge is 0.277 e. The summed E-state index contributed by atoms with van der Waals surface area (Å²) in [5, 5.41) is 5.23. The quantitative estimate of drug-likeness (QED) is 0.636. The maximum absolute atomic E-state index is 13.0. The van der Waals surface area contributed by atoms with Crippen LogP contribution >= 0.6 is 0 Å². The Morgan fingerprint density at radius 3 is 2.63 bits per heavy atom. The number of hydrogen-bond acceptors (Lipinski definition) is 6. The molecule has 0 radical (unpaired) electrons. The predicted octanol–water partition coefficient (Wildman–Crippen LogP) is 0.501. The molecule has 2 aromatic rings. The van der Waals surface area contributed by atoms with Gasteiger partial charge in [0.25, 0.3) is 5.56 Å². The minimum absolute atomic E-state index is 0.0411. The number of benzene rings is 1. The van der Waals surface area contributed by atoms with E-state index in [-0.39, 0.29) is 28.6 Å². The maximum atomic E-state index is 13.0. The SMILES string of the molecule is CCn1[nH]cc(C(=O)c2ccc3c(c2C)C(NC)CC(CN)S3(=O)=O)c1=O. The Balaban J connectivity index is 2.18. The number of aryl methyl sites for hydroxylation is 1. The molecule has 1 aromatic heterocycles. The first-order chi connectivity index (χ1) is 12.8. The molecular formula is C18H24N4O4S. The molecule has 0 spiro atoms. The van der Waals surface area contributed by atoms with Crippen LogP contribution in [0.15, 0.2) is 28.0 Å². The molecule has 0 saturated heterocycles. The van der Waals surface area contributed by atoms with Crippen molar-refractivity contribution in [3.8, 4) is 0 Å². The van der Waals surface area contributed by atoms with Crippen molar-refractivity contribution in [3.63, 3.8) is 0 Å². The van der Waals surface area contributed by atoms with Crippen molar-refractivity contribution in [2.75, 3.05) is 13.6 Å². The van der Waals surface area contributed by atoms with Gasteiger partial charge in [-0.15, -0.1) is 0 Å². The minimum Gasteiger partial charge on any atom is -0.329 e. The van der Waals surface area contributed by atoms with Gasteiger partial charge in [0.1, 0.15) is 5.56 Å². The van der Waals surface area contributed by atoms with Gasteiger partial charge < -0.3 is 16.1 Å². The highest BCUT2D eigenvalue weighted by Gasteiger charge is 2.39. The lowest BCUT2D eigenvalue weighted by Gasteiger charge is -2.32. The fraction of sp³-hybridized carbons (Fsp3) is 0.444. The first-order valence-electron chi connectivity index (χ1n) is 8.85. The lowest BCUT2D eigenvalue weighted by atomic mass is 9.90. The van der Waals surface area contributed by atoms with Crippen LogP contribution in [0, 0.1) is 6.92 Å². The maximum Gasteiger partial charge on any atom is 0.277 e. The van der Waals surface area contributed by atoms with Crippen molar-refractivity contribution >= 4 is 15.6 Å². The van der Waals surface area contributed by atoms with E-state index in [0.29, 0.717) is 29.7 Å². The van der Waals surface area contributed by atoms with E-state index in [1.807, 2.05) is 0 Å². The van der Waals surface area contributed by atoms with Crippen molar-refractivity contribution in [2.24, 2.45) is 5.73 Å². The lowest BCUT2D eigenvalue weighted by molar-refractivity contribution is 0.103. The Morgan fingerprint density at radius 2 is 2.07 bits per heavy atom. The van der Waals surface area contributed by atoms with Crippen LogP contribution in [0.25, 0.3) is 0 Å². The molecule has 0 bridgehead atoms. The Bertz CT molecular complexity index is 1050. The van der Waals surface area contributed by atoms with E-state index in [1.165, 1.54) is 23.0 Å². The average molecular weight is 392 g/mol. The van der Waals surface area contributed by atoms with E-state index >= 15 is 0 Å². The highest BCUT2D eigenvalue weighted by Crippen LogP contribution is 2.39. The van der Waals surface area contributed by atoms with Gasteiger partial charge in [-0.05, 0) is 50.6 Å². The number of rotatable bonds is 5. The van der Waals surface area contributed by atoms with Crippen LogP contribution in [0.3, 0.4) is 0 Å². The molecule has 4 N–H and O–H groups in total. The number of ketones is 1. The molecule has 8 nitrogen and oxygen atoms in total. The van der Waals surface area contributed by atoms with Crippen LogP contribution in [0.2, 0.25) is 0 Å². The summed E-state index contributed by atoms with van der Waals surface area (Å²) in [5.41, 5.74) is 6.81. The molecule has 2 unspecified atom stereocenters. The summed E-state index contributed by atoms with van der Waals surface area (Å²) in [4.78, 5) is 25.5. The fourth-order valence-electron chi connectivity index (χ4n) is 3.75. The summed E-state index contributed by atoms with van der Waals surface area (Å²) < 4.78 is 27.0. The van der Waals surface area contributed by atoms with Gasteiger partial charge in [0.15, 0.2) is 15.6 Å². The number of nitrogens with one attached hydrogen (secondary N) is 2. The number of fused-ring (bicyclic) bond motifs is 1. The van der Waals surface area contributed by atoms with Gasteiger partial charge in [-0.1, -0.05) is 0 Å². The molecule has 0 fully saturated rings. The van der Waals surface area contributed by atoms with Gasteiger partial charge in [0.2, 0.25) is 0 Å². The molecule has 1 aliphatic heterocycles. The topological polar surface area (TPSA) is 127 Å². The zero-order valence-electron chi connectivity index (χ0n) is 15.6. The lowest BCUT2D eigenvalue weighted by Crippen LogP contribution is -2.39. The van der Waals surface area contributed by atoms with Gasteiger partial charge in [0, 0.05) is 30.9 Å². The summed E-state index contributed by atoms with van der Waals surface area (Å²) in [6.45, 7) is 3.99. The molecular weight excluding hydrogens is 368 g/mol. The number of nitrogens with zero attached hydrogens (tertiary/aromatic N) is 1. The number of aromatic amines is 1. The van der Waals surface area contributed by atoms with Crippen LogP contribution in [-0.4, -0.2) is 42.8 Å². The molecule has 27 heavy (non-hydrogen) atoms. The molecule has 9 heteroatoms. The normalized spacial score (nSPS) is 21.0. The van der Waals surface area contributed by atoms with Crippen LogP contribution in [-0.2, 0) is 16.4 Å². The second-order valence-electron chi connectivity index (χ2n) is 6.70. The Kier molecular flexibility index (Phi) is 5.11. The van der Waals surface area contributed by atoms with Gasteiger partial charge in [-0.25, -0.2) is 8.42 Å². The second kappa shape index (κ2) is 7.06. The summed E-state index contributed by atoms with van der Waals surface area (Å²) in [6.07, 6.45) is 1.73. The Hall–Kier alpha value is -2.23. The van der Waals surface area contributed by atoms with Crippen molar-refractivity contribution < 1.29 is 13.2 Å². The molecule has 2 heterocycles. The molecule has 0 aliphatic carbocycles. The average Bonchev–Trinajstić information content (AvgIpc) is 3.02. The number of carbonyl (C=O) groups is 1. The van der Waals surface area contributed by atoms with Crippen molar-refractivity contribution in [2.45, 2.75) is 43.0 Å². The van der Waals surface area contributed by atoms with Crippen LogP contribution < -0.4 is 16.6 Å². The minimum atomic E-state index is -3.56. The van der Waals surface area contributed by atoms with E-state index in [9.17, 15) is 18.0 Å². The van der Waals surface area contributed by atoms with Crippen LogP contribution in [0.5, 0.6) is 0 Å². The van der Waals surface area contributed by atoms with Crippen LogP contribution in [0.4, 0.5) is 0 Å². The van der Waals surface area contributed by atoms with Gasteiger partial charge in [-0.3, -0.25) is 14.3 Å². The first kappa shape index (κ1) is 19.5. The molecule has 2 atom stereocenters. The first-order valence-corrected chi connectivity index (χ1v) is 10.4. The van der Waals surface area contributed by atoms with Crippen molar-refractivity contribution in [3.05, 3.63) is 50.9 Å². The standard InChI is InChI=1S/C18H24N4O4S/c1-4-22-18(24)13(9-21-22)17(23)12-5-6-15-16(10(12)2)14(20-3)7-11(8-19)27(15,25)26/h5-6,9,11,14,20-21H,4,7-8,19H2,1-3H3. The number of nitrogens with two attached hydrogens (primary N) is 1. The third-order valence-electron chi connectivity index (χ3n) is 5.32. The van der Waals surface area contributed by atoms with Gasteiger partial charge in [0.05, 0.1) is 10.1 Å². The summed E-state index contributed by atoms with van der Waals surface area (Å²) in [6, 6.07) is 2.72.